The summed E-state index contributed by atoms with van der Waals surface area (Å²) in [6.45, 7) is 7.34. The van der Waals surface area contributed by atoms with E-state index in [1.54, 1.807) is 0 Å². The number of H-pyrrole nitrogens is 1. The Kier molecular flexibility index (Phi) is 7.27. The lowest BCUT2D eigenvalue weighted by molar-refractivity contribution is -0.122. The lowest BCUT2D eigenvalue weighted by Crippen LogP contribution is -2.38. The Morgan fingerprint density at radius 3 is 2.59 bits per heavy atom. The zero-order valence-electron chi connectivity index (χ0n) is 19.5. The molecule has 0 radical (unpaired) electrons. The van der Waals surface area contributed by atoms with Gasteiger partial charge in [0, 0.05) is 35.3 Å². The van der Waals surface area contributed by atoms with Gasteiger partial charge in [-0.3, -0.25) is 14.4 Å². The topological polar surface area (TPSA) is 121 Å². The van der Waals surface area contributed by atoms with Gasteiger partial charge in [0.1, 0.15) is 10.7 Å². The fraction of sp³-hybridized carbons (Fsp3) is 0.417. The van der Waals surface area contributed by atoms with Crippen molar-refractivity contribution in [2.24, 2.45) is 11.7 Å². The molecule has 1 aliphatic heterocycles. The standard InChI is InChI=1S/C24H29N5O3S2/c1-13-14(2)34-24-20(13)23(32)27-19(28-24)12-33-15(3)22(31)26-17-4-6-18(7-5-17)29-10-8-16(9-11-29)21(25)30/h4-7,15-16H,8-12H2,1-3H3,(H2,25,30)(H,26,31)(H,27,28,32). The van der Waals surface area contributed by atoms with E-state index in [0.29, 0.717) is 17.0 Å². The van der Waals surface area contributed by atoms with E-state index in [-0.39, 0.29) is 28.5 Å². The maximum absolute atomic E-state index is 12.7. The number of aromatic nitrogens is 2. The van der Waals surface area contributed by atoms with Crippen LogP contribution in [0.15, 0.2) is 29.1 Å². The summed E-state index contributed by atoms with van der Waals surface area (Å²) in [7, 11) is 0. The molecule has 8 nitrogen and oxygen atoms in total. The molecule has 4 rings (SSSR count). The second-order valence-corrected chi connectivity index (χ2v) is 11.2. The van der Waals surface area contributed by atoms with Crippen molar-refractivity contribution in [2.75, 3.05) is 23.3 Å². The Morgan fingerprint density at radius 1 is 1.26 bits per heavy atom. The van der Waals surface area contributed by atoms with Crippen molar-refractivity contribution in [1.82, 2.24) is 9.97 Å². The van der Waals surface area contributed by atoms with Gasteiger partial charge in [0.2, 0.25) is 11.8 Å². The third-order valence-corrected chi connectivity index (χ3v) is 8.58. The number of amides is 2. The van der Waals surface area contributed by atoms with Crippen LogP contribution in [0.1, 0.15) is 36.0 Å². The van der Waals surface area contributed by atoms with Crippen LogP contribution >= 0.6 is 23.1 Å². The SMILES string of the molecule is Cc1sc2nc(CSC(C)C(=O)Nc3ccc(N4CCC(C(N)=O)CC4)cc3)[nH]c(=O)c2c1C. The number of aryl methyl sites for hydroxylation is 2. The molecule has 34 heavy (non-hydrogen) atoms. The zero-order valence-corrected chi connectivity index (χ0v) is 21.1. The number of nitrogens with one attached hydrogen (secondary N) is 2. The van der Waals surface area contributed by atoms with E-state index in [4.69, 9.17) is 5.73 Å². The second-order valence-electron chi connectivity index (χ2n) is 8.63. The zero-order chi connectivity index (χ0) is 24.4. The number of fused-ring (bicyclic) bond motifs is 1. The van der Waals surface area contributed by atoms with Gasteiger partial charge in [-0.1, -0.05) is 0 Å². The van der Waals surface area contributed by atoms with Crippen LogP contribution in [0.5, 0.6) is 0 Å². The Hall–Kier alpha value is -2.85. The van der Waals surface area contributed by atoms with E-state index in [1.165, 1.54) is 23.1 Å². The number of thioether (sulfide) groups is 1. The van der Waals surface area contributed by atoms with Crippen molar-refractivity contribution in [3.8, 4) is 0 Å². The van der Waals surface area contributed by atoms with E-state index >= 15 is 0 Å². The Balaban J connectivity index is 1.31. The highest BCUT2D eigenvalue weighted by molar-refractivity contribution is 7.99. The van der Waals surface area contributed by atoms with Gasteiger partial charge in [-0.2, -0.15) is 0 Å². The number of carbonyl (C=O) groups excluding carboxylic acids is 2. The lowest BCUT2D eigenvalue weighted by atomic mass is 9.96. The van der Waals surface area contributed by atoms with E-state index in [2.05, 4.69) is 20.2 Å². The van der Waals surface area contributed by atoms with Crippen LogP contribution in [-0.4, -0.2) is 40.1 Å². The molecular weight excluding hydrogens is 470 g/mol. The van der Waals surface area contributed by atoms with Crippen LogP contribution in [0.3, 0.4) is 0 Å². The Labute approximate surface area is 206 Å². The molecule has 0 spiro atoms. The number of primary amides is 1. The molecule has 10 heteroatoms. The monoisotopic (exact) mass is 499 g/mol. The summed E-state index contributed by atoms with van der Waals surface area (Å²) in [6.07, 6.45) is 1.53. The predicted molar refractivity (Wildman–Crippen MR) is 140 cm³/mol. The molecule has 1 atom stereocenters. The van der Waals surface area contributed by atoms with Crippen molar-refractivity contribution >= 4 is 56.5 Å². The fourth-order valence-electron chi connectivity index (χ4n) is 4.07. The van der Waals surface area contributed by atoms with Crippen molar-refractivity contribution in [3.63, 3.8) is 0 Å². The molecule has 4 N–H and O–H groups in total. The van der Waals surface area contributed by atoms with E-state index in [1.807, 2.05) is 45.0 Å². The maximum Gasteiger partial charge on any atom is 0.259 e. The predicted octanol–water partition coefficient (Wildman–Crippen LogP) is 3.56. The number of anilines is 2. The van der Waals surface area contributed by atoms with Gasteiger partial charge < -0.3 is 20.9 Å². The van der Waals surface area contributed by atoms with Crippen molar-refractivity contribution in [2.45, 2.75) is 44.6 Å². The van der Waals surface area contributed by atoms with Gasteiger partial charge in [-0.15, -0.1) is 23.1 Å². The average molecular weight is 500 g/mol. The molecule has 3 heterocycles. The quantitative estimate of drug-likeness (QED) is 0.457. The van der Waals surface area contributed by atoms with Gasteiger partial charge in [0.15, 0.2) is 0 Å². The molecule has 1 unspecified atom stereocenters. The second kappa shape index (κ2) is 10.2. The molecule has 1 aliphatic rings. The van der Waals surface area contributed by atoms with Crippen LogP contribution in [0.2, 0.25) is 0 Å². The minimum Gasteiger partial charge on any atom is -0.371 e. The maximum atomic E-state index is 12.7. The minimum absolute atomic E-state index is 0.0395. The van der Waals surface area contributed by atoms with Gasteiger partial charge >= 0.3 is 0 Å². The largest absolute Gasteiger partial charge is 0.371 e. The number of carbonyl (C=O) groups is 2. The number of hydrogen-bond donors (Lipinski definition) is 3. The first-order valence-electron chi connectivity index (χ1n) is 11.3. The molecule has 1 aromatic carbocycles. The van der Waals surface area contributed by atoms with Crippen LogP contribution in [0.4, 0.5) is 11.4 Å². The van der Waals surface area contributed by atoms with Crippen LogP contribution < -0.4 is 21.5 Å². The third-order valence-electron chi connectivity index (χ3n) is 6.32. The summed E-state index contributed by atoms with van der Waals surface area (Å²) in [5.41, 5.74) is 8.05. The summed E-state index contributed by atoms with van der Waals surface area (Å²) < 4.78 is 0. The molecule has 1 saturated heterocycles. The first-order valence-corrected chi connectivity index (χ1v) is 13.1. The van der Waals surface area contributed by atoms with Crippen LogP contribution in [0, 0.1) is 19.8 Å². The van der Waals surface area contributed by atoms with Gasteiger partial charge in [-0.05, 0) is 63.4 Å². The smallest absolute Gasteiger partial charge is 0.259 e. The normalized spacial score (nSPS) is 15.4. The number of benzene rings is 1. The third kappa shape index (κ3) is 5.28. The number of nitrogens with two attached hydrogens (primary N) is 1. The van der Waals surface area contributed by atoms with Crippen molar-refractivity contribution < 1.29 is 9.59 Å². The fourth-order valence-corrected chi connectivity index (χ4v) is 5.87. The Morgan fingerprint density at radius 2 is 1.94 bits per heavy atom. The van der Waals surface area contributed by atoms with Gasteiger partial charge in [-0.25, -0.2) is 4.98 Å². The van der Waals surface area contributed by atoms with Crippen LogP contribution in [0.25, 0.3) is 10.2 Å². The lowest BCUT2D eigenvalue weighted by Gasteiger charge is -2.32. The number of hydrogen-bond acceptors (Lipinski definition) is 7. The number of aromatic amines is 1. The first-order chi connectivity index (χ1) is 16.2. The van der Waals surface area contributed by atoms with Crippen molar-refractivity contribution in [3.05, 3.63) is 50.9 Å². The highest BCUT2D eigenvalue weighted by Gasteiger charge is 2.23. The Bertz CT molecular complexity index is 1260. The molecule has 2 amide bonds. The number of rotatable bonds is 7. The van der Waals surface area contributed by atoms with E-state index < -0.39 is 0 Å². The number of nitrogens with zero attached hydrogens (tertiary/aromatic N) is 2. The van der Waals surface area contributed by atoms with Crippen molar-refractivity contribution in [1.29, 1.82) is 0 Å². The molecule has 2 aromatic heterocycles. The summed E-state index contributed by atoms with van der Waals surface area (Å²) >= 11 is 2.95. The molecule has 3 aromatic rings. The van der Waals surface area contributed by atoms with Crippen LogP contribution in [-0.2, 0) is 15.3 Å². The highest BCUT2D eigenvalue weighted by atomic mass is 32.2. The molecule has 0 saturated carbocycles. The molecule has 180 valence electrons. The van der Waals surface area contributed by atoms with Gasteiger partial charge in [0.25, 0.3) is 5.56 Å². The summed E-state index contributed by atoms with van der Waals surface area (Å²) in [4.78, 5) is 48.0. The number of thiophene rings is 1. The number of piperidine rings is 1. The summed E-state index contributed by atoms with van der Waals surface area (Å²) in [5.74, 6) is 0.654. The highest BCUT2D eigenvalue weighted by Crippen LogP contribution is 2.27. The van der Waals surface area contributed by atoms with E-state index in [0.717, 1.165) is 52.6 Å². The molecule has 0 aliphatic carbocycles. The first kappa shape index (κ1) is 24.3. The summed E-state index contributed by atoms with van der Waals surface area (Å²) in [5, 5.41) is 3.29. The van der Waals surface area contributed by atoms with Gasteiger partial charge in [0.05, 0.1) is 16.4 Å². The molecule has 1 fully saturated rings. The van der Waals surface area contributed by atoms with E-state index in [9.17, 15) is 14.4 Å². The summed E-state index contributed by atoms with van der Waals surface area (Å²) in [6, 6.07) is 7.73. The molecule has 0 bridgehead atoms. The average Bonchev–Trinajstić information content (AvgIpc) is 3.11. The minimum atomic E-state index is -0.319. The molecular formula is C24H29N5O3S2.